The molecule has 1 aliphatic heterocycles. The van der Waals surface area contributed by atoms with Gasteiger partial charge in [-0.25, -0.2) is 0 Å². The number of aliphatic hydroxyl groups is 2. The Hall–Kier alpha value is -2.94. The van der Waals surface area contributed by atoms with Gasteiger partial charge < -0.3 is 29.7 Å². The number of rotatable bonds is 9. The minimum atomic E-state index is -1.35. The Bertz CT molecular complexity index is 1220. The molecule has 0 unspecified atom stereocenters. The van der Waals surface area contributed by atoms with Gasteiger partial charge in [0, 0.05) is 18.7 Å². The van der Waals surface area contributed by atoms with Crippen molar-refractivity contribution in [2.45, 2.75) is 56.9 Å². The van der Waals surface area contributed by atoms with E-state index in [4.69, 9.17) is 25.8 Å². The Labute approximate surface area is 228 Å². The molecule has 8 heteroatoms. The van der Waals surface area contributed by atoms with Gasteiger partial charge in [0.2, 0.25) is 6.29 Å². The minimum Gasteiger partial charge on any atom is -0.462 e. The van der Waals surface area contributed by atoms with Gasteiger partial charge in [-0.05, 0) is 73.7 Å². The van der Waals surface area contributed by atoms with Crippen LogP contribution in [-0.4, -0.2) is 60.0 Å². The van der Waals surface area contributed by atoms with Gasteiger partial charge >= 0.3 is 0 Å². The van der Waals surface area contributed by atoms with Crippen molar-refractivity contribution in [3.63, 3.8) is 0 Å². The second-order valence-corrected chi connectivity index (χ2v) is 10.3. The fraction of sp³-hybridized carbons (Fsp3) is 0.367. The maximum atomic E-state index is 13.3. The molecule has 1 amide bonds. The van der Waals surface area contributed by atoms with Gasteiger partial charge in [0.15, 0.2) is 0 Å². The highest BCUT2D eigenvalue weighted by molar-refractivity contribution is 6.30. The Morgan fingerprint density at radius 3 is 2.42 bits per heavy atom. The molecule has 4 rings (SSSR count). The standard InChI is InChI=1S/C30H34ClNO6/c1-30(2)27(36-3)25(33)26(34)29(38-30)37-22-15-16-23(20-11-13-21(31)14-12-20)24(18-22)28(35)32-17-7-10-19-8-5-4-6-9-19/h4-6,8-9,11-16,18,25-27,29,33-34H,7,10,17H2,1-3H3,(H,32,35)/t25-,26+,27+,29-/m0/s1. The topological polar surface area (TPSA) is 97.3 Å². The number of amides is 1. The highest BCUT2D eigenvalue weighted by Crippen LogP contribution is 2.34. The molecule has 3 aromatic carbocycles. The number of carbonyl (C=O) groups is 1. The van der Waals surface area contributed by atoms with Crippen LogP contribution in [0.2, 0.25) is 5.02 Å². The zero-order valence-corrected chi connectivity index (χ0v) is 22.5. The first kappa shape index (κ1) is 28.1. The number of carbonyl (C=O) groups excluding carboxylic acids is 1. The Morgan fingerprint density at radius 2 is 1.74 bits per heavy atom. The van der Waals surface area contributed by atoms with Crippen LogP contribution in [0.5, 0.6) is 5.75 Å². The molecule has 0 spiro atoms. The summed E-state index contributed by atoms with van der Waals surface area (Å²) in [6, 6.07) is 22.5. The molecule has 1 heterocycles. The molecular formula is C30H34ClNO6. The monoisotopic (exact) mass is 539 g/mol. The van der Waals surface area contributed by atoms with Crippen LogP contribution in [0.25, 0.3) is 11.1 Å². The Morgan fingerprint density at radius 1 is 1.03 bits per heavy atom. The third kappa shape index (κ3) is 6.54. The van der Waals surface area contributed by atoms with Crippen LogP contribution in [-0.2, 0) is 15.9 Å². The number of aryl methyl sites for hydroxylation is 1. The Kier molecular flexibility index (Phi) is 9.07. The average Bonchev–Trinajstić information content (AvgIpc) is 2.90. The summed E-state index contributed by atoms with van der Waals surface area (Å²) in [7, 11) is 1.45. The summed E-state index contributed by atoms with van der Waals surface area (Å²) in [6.07, 6.45) is -2.81. The molecule has 0 saturated carbocycles. The van der Waals surface area contributed by atoms with Crippen LogP contribution >= 0.6 is 11.6 Å². The minimum absolute atomic E-state index is 0.251. The van der Waals surface area contributed by atoms with Crippen molar-refractivity contribution in [3.05, 3.63) is 88.9 Å². The van der Waals surface area contributed by atoms with Crippen molar-refractivity contribution in [1.82, 2.24) is 5.32 Å². The first-order valence-corrected chi connectivity index (χ1v) is 13.0. The molecule has 0 aromatic heterocycles. The van der Waals surface area contributed by atoms with Crippen LogP contribution in [0.3, 0.4) is 0 Å². The van der Waals surface area contributed by atoms with Gasteiger partial charge in [-0.15, -0.1) is 0 Å². The molecule has 3 aromatic rings. The van der Waals surface area contributed by atoms with E-state index < -0.39 is 30.2 Å². The van der Waals surface area contributed by atoms with Crippen LogP contribution < -0.4 is 10.1 Å². The summed E-state index contributed by atoms with van der Waals surface area (Å²) in [5.41, 5.74) is 2.24. The van der Waals surface area contributed by atoms with Crippen LogP contribution in [0, 0.1) is 0 Å². The summed E-state index contributed by atoms with van der Waals surface area (Å²) in [5.74, 6) is 0.0680. The molecule has 0 radical (unpaired) electrons. The van der Waals surface area contributed by atoms with Gasteiger partial charge in [-0.3, -0.25) is 4.79 Å². The molecule has 3 N–H and O–H groups in total. The predicted octanol–water partition coefficient (Wildman–Crippen LogP) is 4.62. The molecule has 4 atom stereocenters. The van der Waals surface area contributed by atoms with E-state index in [0.29, 0.717) is 28.4 Å². The lowest BCUT2D eigenvalue weighted by Gasteiger charge is -2.46. The van der Waals surface area contributed by atoms with Gasteiger partial charge in [-0.1, -0.05) is 54.1 Å². The third-order valence-corrected chi connectivity index (χ3v) is 6.96. The summed E-state index contributed by atoms with van der Waals surface area (Å²) >= 11 is 6.07. The maximum absolute atomic E-state index is 13.3. The fourth-order valence-electron chi connectivity index (χ4n) is 4.74. The molecule has 1 saturated heterocycles. The van der Waals surface area contributed by atoms with Crippen molar-refractivity contribution >= 4 is 17.5 Å². The molecule has 1 aliphatic rings. The summed E-state index contributed by atoms with van der Waals surface area (Å²) in [6.45, 7) is 4.01. The lowest BCUT2D eigenvalue weighted by atomic mass is 9.89. The molecule has 0 aliphatic carbocycles. The second kappa shape index (κ2) is 12.3. The molecule has 0 bridgehead atoms. The van der Waals surface area contributed by atoms with Crippen molar-refractivity contribution in [1.29, 1.82) is 0 Å². The lowest BCUT2D eigenvalue weighted by Crippen LogP contribution is -2.63. The highest BCUT2D eigenvalue weighted by atomic mass is 35.5. The van der Waals surface area contributed by atoms with Gasteiger partial charge in [0.05, 0.1) is 11.2 Å². The molecule has 7 nitrogen and oxygen atoms in total. The van der Waals surface area contributed by atoms with E-state index in [1.807, 2.05) is 30.3 Å². The van der Waals surface area contributed by atoms with Crippen LogP contribution in [0.1, 0.15) is 36.2 Å². The van der Waals surface area contributed by atoms with E-state index in [2.05, 4.69) is 17.4 Å². The summed E-state index contributed by atoms with van der Waals surface area (Å²) in [4.78, 5) is 13.3. The normalized spacial score (nSPS) is 22.6. The fourth-order valence-corrected chi connectivity index (χ4v) is 4.86. The largest absolute Gasteiger partial charge is 0.462 e. The number of methoxy groups -OCH3 is 1. The smallest absolute Gasteiger partial charge is 0.252 e. The van der Waals surface area contributed by atoms with Crippen molar-refractivity contribution in [2.24, 2.45) is 0 Å². The number of hydrogen-bond donors (Lipinski definition) is 3. The predicted molar refractivity (Wildman–Crippen MR) is 146 cm³/mol. The van der Waals surface area contributed by atoms with E-state index in [0.717, 1.165) is 18.4 Å². The van der Waals surface area contributed by atoms with Crippen molar-refractivity contribution < 1.29 is 29.2 Å². The third-order valence-electron chi connectivity index (χ3n) is 6.71. The quantitative estimate of drug-likeness (QED) is 0.343. The van der Waals surface area contributed by atoms with E-state index in [1.54, 1.807) is 44.2 Å². The first-order chi connectivity index (χ1) is 18.2. The number of aliphatic hydroxyl groups excluding tert-OH is 2. The number of benzene rings is 3. The van der Waals surface area contributed by atoms with E-state index in [-0.39, 0.29) is 5.91 Å². The van der Waals surface area contributed by atoms with Crippen LogP contribution in [0.15, 0.2) is 72.8 Å². The number of halogens is 1. The van der Waals surface area contributed by atoms with Gasteiger partial charge in [0.25, 0.3) is 5.91 Å². The second-order valence-electron chi connectivity index (χ2n) is 9.90. The summed E-state index contributed by atoms with van der Waals surface area (Å²) in [5, 5.41) is 24.8. The van der Waals surface area contributed by atoms with E-state index in [9.17, 15) is 15.0 Å². The molecule has 1 fully saturated rings. The van der Waals surface area contributed by atoms with Gasteiger partial charge in [0.1, 0.15) is 24.1 Å². The SMILES string of the molecule is CO[C@@H]1[C@@H](O)[C@@H](O)[C@@H](Oc2ccc(-c3ccc(Cl)cc3)c(C(=O)NCCCc3ccccc3)c2)OC1(C)C. The number of ether oxygens (including phenoxy) is 3. The van der Waals surface area contributed by atoms with Crippen molar-refractivity contribution in [3.8, 4) is 16.9 Å². The lowest BCUT2D eigenvalue weighted by molar-refractivity contribution is -0.305. The Balaban J connectivity index is 1.54. The first-order valence-electron chi connectivity index (χ1n) is 12.6. The summed E-state index contributed by atoms with van der Waals surface area (Å²) < 4.78 is 17.2. The highest BCUT2D eigenvalue weighted by Gasteiger charge is 2.50. The van der Waals surface area contributed by atoms with E-state index in [1.165, 1.54) is 12.7 Å². The average molecular weight is 540 g/mol. The van der Waals surface area contributed by atoms with Crippen molar-refractivity contribution in [2.75, 3.05) is 13.7 Å². The number of nitrogens with one attached hydrogen (secondary N) is 1. The van der Waals surface area contributed by atoms with Crippen LogP contribution in [0.4, 0.5) is 0 Å². The van der Waals surface area contributed by atoms with Gasteiger partial charge in [-0.2, -0.15) is 0 Å². The molecule has 202 valence electrons. The zero-order valence-electron chi connectivity index (χ0n) is 21.8. The molecule has 38 heavy (non-hydrogen) atoms. The van der Waals surface area contributed by atoms with E-state index >= 15 is 0 Å². The number of hydrogen-bond acceptors (Lipinski definition) is 6. The molecular weight excluding hydrogens is 506 g/mol. The zero-order chi connectivity index (χ0) is 27.3. The maximum Gasteiger partial charge on any atom is 0.252 e.